The average Bonchev–Trinajstić information content (AvgIpc) is 3.80. The van der Waals surface area contributed by atoms with E-state index in [-0.39, 0.29) is 60.7 Å². The summed E-state index contributed by atoms with van der Waals surface area (Å²) in [6, 6.07) is 19.3. The Bertz CT molecular complexity index is 2910. The molecule has 0 saturated carbocycles. The molecule has 0 atom stereocenters. The number of aromatic amines is 1. The highest BCUT2D eigenvalue weighted by molar-refractivity contribution is 7.89. The molecule has 372 valence electrons. The van der Waals surface area contributed by atoms with E-state index in [0.717, 1.165) is 62.5 Å². The first-order chi connectivity index (χ1) is 33.2. The minimum absolute atomic E-state index is 0.00452. The molecule has 3 aromatic carbocycles. The van der Waals surface area contributed by atoms with Crippen LogP contribution in [0.2, 0.25) is 5.02 Å². The van der Waals surface area contributed by atoms with Crippen molar-refractivity contribution in [3.63, 3.8) is 0 Å². The molecular formula is C51H58ClFN6O10S. The Morgan fingerprint density at radius 3 is 2.43 bits per heavy atom. The molecule has 2 N–H and O–H groups in total. The number of pyridine rings is 1. The van der Waals surface area contributed by atoms with E-state index in [1.165, 1.54) is 42.8 Å². The van der Waals surface area contributed by atoms with Crippen molar-refractivity contribution in [3.05, 3.63) is 117 Å². The van der Waals surface area contributed by atoms with E-state index in [0.29, 0.717) is 33.8 Å². The van der Waals surface area contributed by atoms with Crippen LogP contribution in [0.15, 0.2) is 95.7 Å². The lowest BCUT2D eigenvalue weighted by atomic mass is 9.72. The Labute approximate surface area is 411 Å². The van der Waals surface area contributed by atoms with Crippen LogP contribution in [-0.2, 0) is 19.6 Å². The normalized spacial score (nSPS) is 17.6. The van der Waals surface area contributed by atoms with E-state index in [4.69, 9.17) is 25.8 Å². The fourth-order valence-corrected chi connectivity index (χ4v) is 10.6. The van der Waals surface area contributed by atoms with Crippen molar-refractivity contribution in [1.82, 2.24) is 19.2 Å². The number of sulfonamides is 1. The van der Waals surface area contributed by atoms with Gasteiger partial charge >= 0.3 is 11.7 Å². The van der Waals surface area contributed by atoms with Gasteiger partial charge in [-0.05, 0) is 105 Å². The summed E-state index contributed by atoms with van der Waals surface area (Å²) in [5, 5.41) is 23.8. The van der Waals surface area contributed by atoms with Gasteiger partial charge in [0.15, 0.2) is 5.75 Å². The SMILES string of the molecule is CC1(C)CCC(CN2CCN(c3ccc(C(=O)N(CCC(C)(C)C(=O)O)S(=O)(=O)c4ccc(OCC5(F)CCOCC5)c([N+](=O)[O-])c4)c(Oc4cnc5[nH]ccc5c4)c3)CC2)=C(c2ccc(Cl)cc2)C1. The number of nitrogens with one attached hydrogen (secondary N) is 1. The van der Waals surface area contributed by atoms with Crippen LogP contribution in [0.3, 0.4) is 0 Å². The maximum absolute atomic E-state index is 15.4. The van der Waals surface area contributed by atoms with Gasteiger partial charge in [0.1, 0.15) is 29.4 Å². The lowest BCUT2D eigenvalue weighted by molar-refractivity contribution is -0.386. The highest BCUT2D eigenvalue weighted by Crippen LogP contribution is 2.44. The molecule has 1 aliphatic carbocycles. The number of hydrogen-bond donors (Lipinski definition) is 2. The summed E-state index contributed by atoms with van der Waals surface area (Å²) in [4.78, 5) is 50.2. The third-order valence-electron chi connectivity index (χ3n) is 13.7. The first kappa shape index (κ1) is 50.3. The Morgan fingerprint density at radius 1 is 1.00 bits per heavy atom. The second-order valence-corrected chi connectivity index (χ2v) is 22.1. The van der Waals surface area contributed by atoms with E-state index in [2.05, 4.69) is 45.7 Å². The molecule has 70 heavy (non-hydrogen) atoms. The number of ether oxygens (including phenoxy) is 3. The van der Waals surface area contributed by atoms with Crippen molar-refractivity contribution in [2.75, 3.05) is 64.0 Å². The summed E-state index contributed by atoms with van der Waals surface area (Å²) < 4.78 is 62.7. The predicted molar refractivity (Wildman–Crippen MR) is 264 cm³/mol. The predicted octanol–water partition coefficient (Wildman–Crippen LogP) is 9.93. The number of aromatic nitrogens is 2. The van der Waals surface area contributed by atoms with Gasteiger partial charge in [-0.1, -0.05) is 43.2 Å². The quantitative estimate of drug-likeness (QED) is 0.0660. The Kier molecular flexibility index (Phi) is 14.6. The number of halogens is 2. The molecule has 0 bridgehead atoms. The molecule has 0 radical (unpaired) electrons. The van der Waals surface area contributed by atoms with Gasteiger partial charge in [-0.2, -0.15) is 0 Å². The summed E-state index contributed by atoms with van der Waals surface area (Å²) in [7, 11) is -4.96. The van der Waals surface area contributed by atoms with E-state index in [9.17, 15) is 33.2 Å². The van der Waals surface area contributed by atoms with Gasteiger partial charge in [0.25, 0.3) is 15.9 Å². The second kappa shape index (κ2) is 20.3. The number of anilines is 1. The molecule has 16 nitrogen and oxygen atoms in total. The van der Waals surface area contributed by atoms with Crippen LogP contribution >= 0.6 is 11.6 Å². The van der Waals surface area contributed by atoms with Crippen LogP contribution in [-0.4, -0.2) is 114 Å². The van der Waals surface area contributed by atoms with E-state index in [1.54, 1.807) is 30.5 Å². The molecule has 5 aromatic rings. The number of H-pyrrole nitrogens is 1. The molecule has 2 aromatic heterocycles. The first-order valence-corrected chi connectivity index (χ1v) is 25.2. The summed E-state index contributed by atoms with van der Waals surface area (Å²) in [5.41, 5.74) is 1.24. The van der Waals surface area contributed by atoms with Crippen molar-refractivity contribution >= 4 is 61.5 Å². The van der Waals surface area contributed by atoms with Gasteiger partial charge in [0, 0.05) is 99.7 Å². The number of amides is 1. The van der Waals surface area contributed by atoms with Gasteiger partial charge in [-0.25, -0.2) is 22.1 Å². The molecule has 3 aliphatic rings. The van der Waals surface area contributed by atoms with Crippen molar-refractivity contribution < 1.29 is 46.6 Å². The maximum atomic E-state index is 15.4. The fraction of sp³-hybridized carbons (Fsp3) is 0.431. The number of nitro benzene ring substituents is 1. The number of carboxylic acid groups (broad SMARTS) is 1. The number of carbonyl (C=O) groups is 2. The highest BCUT2D eigenvalue weighted by atomic mass is 35.5. The Balaban J connectivity index is 1.10. The third kappa shape index (κ3) is 11.4. The van der Waals surface area contributed by atoms with Gasteiger partial charge in [-0.15, -0.1) is 0 Å². The van der Waals surface area contributed by atoms with Gasteiger partial charge in [0.05, 0.1) is 27.0 Å². The van der Waals surface area contributed by atoms with E-state index in [1.807, 2.05) is 12.1 Å². The third-order valence-corrected chi connectivity index (χ3v) is 15.7. The number of aliphatic carboxylic acids is 1. The maximum Gasteiger partial charge on any atom is 0.312 e. The number of allylic oxidation sites excluding steroid dienone is 1. The molecule has 8 rings (SSSR count). The van der Waals surface area contributed by atoms with Crippen LogP contribution in [0.5, 0.6) is 17.2 Å². The van der Waals surface area contributed by atoms with Crippen molar-refractivity contribution in [1.29, 1.82) is 0 Å². The number of carboxylic acids is 1. The molecular weight excluding hydrogens is 943 g/mol. The summed E-state index contributed by atoms with van der Waals surface area (Å²) in [6.07, 6.45) is 5.97. The molecule has 2 aliphatic heterocycles. The largest absolute Gasteiger partial charge is 0.483 e. The van der Waals surface area contributed by atoms with Crippen LogP contribution in [0.4, 0.5) is 15.8 Å². The number of piperazine rings is 1. The fourth-order valence-electron chi connectivity index (χ4n) is 9.06. The summed E-state index contributed by atoms with van der Waals surface area (Å²) in [6.45, 7) is 10.2. The molecule has 19 heteroatoms. The number of nitro groups is 1. The minimum Gasteiger partial charge on any atom is -0.483 e. The number of hydrogen-bond acceptors (Lipinski definition) is 12. The number of rotatable bonds is 17. The van der Waals surface area contributed by atoms with Crippen LogP contribution < -0.4 is 14.4 Å². The van der Waals surface area contributed by atoms with Gasteiger partial charge in [0.2, 0.25) is 0 Å². The van der Waals surface area contributed by atoms with Crippen LogP contribution in [0.1, 0.15) is 82.1 Å². The van der Waals surface area contributed by atoms with E-state index >= 15 is 4.39 Å². The van der Waals surface area contributed by atoms with Crippen molar-refractivity contribution in [2.45, 2.75) is 76.8 Å². The summed E-state index contributed by atoms with van der Waals surface area (Å²) in [5.74, 6) is -2.40. The van der Waals surface area contributed by atoms with E-state index < -0.39 is 61.6 Å². The monoisotopic (exact) mass is 1000 g/mol. The smallest absolute Gasteiger partial charge is 0.312 e. The average molecular weight is 1000 g/mol. The van der Waals surface area contributed by atoms with Crippen molar-refractivity contribution in [2.24, 2.45) is 10.8 Å². The minimum atomic E-state index is -4.96. The lowest BCUT2D eigenvalue weighted by Gasteiger charge is -2.39. The molecule has 4 heterocycles. The first-order valence-electron chi connectivity index (χ1n) is 23.4. The Hall–Kier alpha value is -6.08. The number of nitrogens with zero attached hydrogens (tertiary/aromatic N) is 5. The number of carbonyl (C=O) groups excluding carboxylic acids is 1. The van der Waals surface area contributed by atoms with Gasteiger partial charge in [-0.3, -0.25) is 24.6 Å². The zero-order chi connectivity index (χ0) is 50.0. The molecule has 0 spiro atoms. The molecule has 2 saturated heterocycles. The molecule has 1 amide bonds. The zero-order valence-electron chi connectivity index (χ0n) is 39.7. The van der Waals surface area contributed by atoms with Crippen LogP contribution in [0.25, 0.3) is 16.6 Å². The van der Waals surface area contributed by atoms with Crippen molar-refractivity contribution in [3.8, 4) is 17.2 Å². The number of alkyl halides is 1. The highest BCUT2D eigenvalue weighted by Gasteiger charge is 2.39. The second-order valence-electron chi connectivity index (χ2n) is 19.8. The standard InChI is InChI=1S/C51H58ClFN6O10S/c1-49(2)15-13-36(42(30-49)34-5-7-37(52)8-6-34)32-56-21-23-57(24-22-56)38-9-11-41(45(28-38)69-39-27-35-14-19-54-46(35)55-31-39)47(60)58(20-16-50(3,4)48(61)62)70(65,66)40-10-12-44(43(29-40)59(63)64)68-33-51(53)17-25-67-26-18-51/h5-12,14,19,27-29,31H,13,15-18,20-26,30,32-33H2,1-4H3,(H,54,55)(H,61,62). The van der Waals surface area contributed by atoms with Crippen LogP contribution in [0, 0.1) is 20.9 Å². The number of fused-ring (bicyclic) bond motifs is 1. The molecule has 2 fully saturated rings. The molecule has 0 unspecified atom stereocenters. The Morgan fingerprint density at radius 2 is 1.73 bits per heavy atom. The topological polar surface area (TPSA) is 198 Å². The number of benzene rings is 3. The zero-order valence-corrected chi connectivity index (χ0v) is 41.3. The summed E-state index contributed by atoms with van der Waals surface area (Å²) >= 11 is 6.26. The van der Waals surface area contributed by atoms with Gasteiger partial charge < -0.3 is 29.2 Å². The lowest BCUT2D eigenvalue weighted by Crippen LogP contribution is -2.47.